The summed E-state index contributed by atoms with van der Waals surface area (Å²) in [7, 11) is 0. The van der Waals surface area contributed by atoms with Crippen LogP contribution in [0.4, 0.5) is 0 Å². The van der Waals surface area contributed by atoms with E-state index in [1.807, 2.05) is 30.3 Å². The smallest absolute Gasteiger partial charge is 0.328 e. The van der Waals surface area contributed by atoms with Crippen LogP contribution in [0.2, 0.25) is 0 Å². The minimum absolute atomic E-state index is 0. The number of benzene rings is 1. The van der Waals surface area contributed by atoms with Crippen LogP contribution >= 0.6 is 12.4 Å². The van der Waals surface area contributed by atoms with Crippen molar-refractivity contribution in [2.75, 3.05) is 13.2 Å². The lowest BCUT2D eigenvalue weighted by molar-refractivity contribution is -0.147. The molecule has 1 rings (SSSR count). The van der Waals surface area contributed by atoms with E-state index in [0.717, 1.165) is 5.56 Å². The number of hydrogen-bond donors (Lipinski definition) is 2. The molecule has 106 valence electrons. The number of nitrogens with two attached hydrogens (primary N) is 1. The van der Waals surface area contributed by atoms with Crippen molar-refractivity contribution in [2.24, 2.45) is 5.73 Å². The maximum absolute atomic E-state index is 11.7. The Morgan fingerprint density at radius 1 is 1.32 bits per heavy atom. The van der Waals surface area contributed by atoms with Gasteiger partial charge in [-0.05, 0) is 12.5 Å². The van der Waals surface area contributed by atoms with Crippen LogP contribution in [-0.2, 0) is 20.7 Å². The first-order valence-electron chi connectivity index (χ1n) is 5.87. The van der Waals surface area contributed by atoms with Crippen LogP contribution in [0.15, 0.2) is 30.3 Å². The van der Waals surface area contributed by atoms with Crippen LogP contribution < -0.4 is 11.1 Å². The topological polar surface area (TPSA) is 81.4 Å². The molecule has 0 heterocycles. The van der Waals surface area contributed by atoms with E-state index in [2.05, 4.69) is 5.32 Å². The summed E-state index contributed by atoms with van der Waals surface area (Å²) in [5, 5.41) is 2.56. The first-order valence-corrected chi connectivity index (χ1v) is 5.87. The van der Waals surface area contributed by atoms with E-state index < -0.39 is 12.0 Å². The molecule has 0 radical (unpaired) electrons. The quantitative estimate of drug-likeness (QED) is 0.753. The average molecular weight is 287 g/mol. The van der Waals surface area contributed by atoms with Gasteiger partial charge < -0.3 is 15.8 Å². The predicted octanol–water partition coefficient (Wildman–Crippen LogP) is 0.657. The Kier molecular flexibility index (Phi) is 8.57. The number of carbonyl (C=O) groups excluding carboxylic acids is 2. The second kappa shape index (κ2) is 9.35. The maximum atomic E-state index is 11.7. The third-order valence-electron chi connectivity index (χ3n) is 2.37. The van der Waals surface area contributed by atoms with E-state index in [-0.39, 0.29) is 31.5 Å². The molecule has 1 aromatic carbocycles. The van der Waals surface area contributed by atoms with Gasteiger partial charge in [0, 0.05) is 6.42 Å². The van der Waals surface area contributed by atoms with Crippen LogP contribution in [0.25, 0.3) is 0 Å². The van der Waals surface area contributed by atoms with E-state index in [0.29, 0.717) is 6.42 Å². The fourth-order valence-electron chi connectivity index (χ4n) is 1.54. The normalized spacial score (nSPS) is 11.1. The average Bonchev–Trinajstić information content (AvgIpc) is 2.39. The molecule has 1 amide bonds. The Hall–Kier alpha value is -1.59. The molecule has 0 aromatic heterocycles. The Balaban J connectivity index is 0.00000324. The molecule has 0 aliphatic carbocycles. The monoisotopic (exact) mass is 286 g/mol. The minimum Gasteiger partial charge on any atom is -0.464 e. The van der Waals surface area contributed by atoms with Crippen molar-refractivity contribution >= 4 is 24.3 Å². The zero-order chi connectivity index (χ0) is 13.4. The lowest BCUT2D eigenvalue weighted by Gasteiger charge is -2.16. The number of halogens is 1. The van der Waals surface area contributed by atoms with E-state index in [1.54, 1.807) is 6.92 Å². The fraction of sp³-hybridized carbons (Fsp3) is 0.385. The van der Waals surface area contributed by atoms with Crippen molar-refractivity contribution in [1.29, 1.82) is 0 Å². The first kappa shape index (κ1) is 17.4. The van der Waals surface area contributed by atoms with Gasteiger partial charge >= 0.3 is 5.97 Å². The standard InChI is InChI=1S/C13H18N2O3.ClH/c1-2-18-13(17)11(15-12(16)9-14)8-10-6-4-3-5-7-10;/h3-7,11H,2,8-9,14H2,1H3,(H,15,16);1H/t11-;/m0./s1. The van der Waals surface area contributed by atoms with Gasteiger partial charge in [0.1, 0.15) is 6.04 Å². The van der Waals surface area contributed by atoms with Crippen LogP contribution in [0, 0.1) is 0 Å². The Morgan fingerprint density at radius 3 is 2.47 bits per heavy atom. The molecule has 5 nitrogen and oxygen atoms in total. The molecule has 19 heavy (non-hydrogen) atoms. The summed E-state index contributed by atoms with van der Waals surface area (Å²) in [6, 6.07) is 8.73. The van der Waals surface area contributed by atoms with Crippen molar-refractivity contribution in [1.82, 2.24) is 5.32 Å². The molecule has 0 aliphatic rings. The van der Waals surface area contributed by atoms with Crippen molar-refractivity contribution in [2.45, 2.75) is 19.4 Å². The zero-order valence-corrected chi connectivity index (χ0v) is 11.6. The zero-order valence-electron chi connectivity index (χ0n) is 10.8. The lowest BCUT2D eigenvalue weighted by atomic mass is 10.1. The molecular formula is C13H19ClN2O3. The third kappa shape index (κ3) is 6.22. The highest BCUT2D eigenvalue weighted by Gasteiger charge is 2.21. The molecule has 6 heteroatoms. The number of esters is 1. The molecule has 0 saturated carbocycles. The van der Waals surface area contributed by atoms with Crippen molar-refractivity contribution in [3.8, 4) is 0 Å². The van der Waals surface area contributed by atoms with Gasteiger partial charge in [-0.25, -0.2) is 4.79 Å². The molecule has 3 N–H and O–H groups in total. The van der Waals surface area contributed by atoms with Crippen LogP contribution in [0.5, 0.6) is 0 Å². The summed E-state index contributed by atoms with van der Waals surface area (Å²) < 4.78 is 4.93. The number of carbonyl (C=O) groups is 2. The highest BCUT2D eigenvalue weighted by atomic mass is 35.5. The molecule has 0 aliphatic heterocycles. The number of amides is 1. The van der Waals surface area contributed by atoms with Crippen LogP contribution in [-0.4, -0.2) is 31.1 Å². The van der Waals surface area contributed by atoms with Crippen molar-refractivity contribution < 1.29 is 14.3 Å². The van der Waals surface area contributed by atoms with Gasteiger partial charge in [-0.15, -0.1) is 12.4 Å². The van der Waals surface area contributed by atoms with E-state index in [9.17, 15) is 9.59 Å². The Morgan fingerprint density at radius 2 is 1.95 bits per heavy atom. The van der Waals surface area contributed by atoms with E-state index in [1.165, 1.54) is 0 Å². The summed E-state index contributed by atoms with van der Waals surface area (Å²) in [5.41, 5.74) is 6.18. The molecule has 0 spiro atoms. The highest BCUT2D eigenvalue weighted by Crippen LogP contribution is 2.04. The van der Waals surface area contributed by atoms with Gasteiger partial charge in [0.25, 0.3) is 0 Å². The molecule has 0 fully saturated rings. The fourth-order valence-corrected chi connectivity index (χ4v) is 1.54. The van der Waals surface area contributed by atoms with Crippen LogP contribution in [0.3, 0.4) is 0 Å². The van der Waals surface area contributed by atoms with Gasteiger partial charge in [0.15, 0.2) is 0 Å². The molecule has 0 bridgehead atoms. The number of nitrogens with one attached hydrogen (secondary N) is 1. The molecule has 1 aromatic rings. The van der Waals surface area contributed by atoms with Gasteiger partial charge in [-0.3, -0.25) is 4.79 Å². The van der Waals surface area contributed by atoms with Gasteiger partial charge in [0.2, 0.25) is 5.91 Å². The minimum atomic E-state index is -0.691. The van der Waals surface area contributed by atoms with Gasteiger partial charge in [0.05, 0.1) is 13.2 Å². The highest BCUT2D eigenvalue weighted by molar-refractivity contribution is 5.85. The summed E-state index contributed by atoms with van der Waals surface area (Å²) in [6.45, 7) is 1.86. The largest absolute Gasteiger partial charge is 0.464 e. The Bertz CT molecular complexity index is 398. The number of rotatable bonds is 6. The predicted molar refractivity (Wildman–Crippen MR) is 75.0 cm³/mol. The Labute approximate surface area is 118 Å². The summed E-state index contributed by atoms with van der Waals surface area (Å²) in [4.78, 5) is 23.0. The second-order valence-electron chi connectivity index (χ2n) is 3.77. The summed E-state index contributed by atoms with van der Waals surface area (Å²) in [6.07, 6.45) is 0.394. The number of ether oxygens (including phenoxy) is 1. The number of hydrogen-bond acceptors (Lipinski definition) is 4. The maximum Gasteiger partial charge on any atom is 0.328 e. The van der Waals surface area contributed by atoms with Gasteiger partial charge in [-0.2, -0.15) is 0 Å². The van der Waals surface area contributed by atoms with E-state index >= 15 is 0 Å². The lowest BCUT2D eigenvalue weighted by Crippen LogP contribution is -2.45. The van der Waals surface area contributed by atoms with Crippen molar-refractivity contribution in [3.63, 3.8) is 0 Å². The third-order valence-corrected chi connectivity index (χ3v) is 2.37. The van der Waals surface area contributed by atoms with E-state index in [4.69, 9.17) is 10.5 Å². The SMILES string of the molecule is CCOC(=O)[C@H](Cc1ccccc1)NC(=O)CN.Cl. The summed E-state index contributed by atoms with van der Waals surface area (Å²) >= 11 is 0. The molecular weight excluding hydrogens is 268 g/mol. The van der Waals surface area contributed by atoms with Crippen LogP contribution in [0.1, 0.15) is 12.5 Å². The second-order valence-corrected chi connectivity index (χ2v) is 3.77. The van der Waals surface area contributed by atoms with Crippen molar-refractivity contribution in [3.05, 3.63) is 35.9 Å². The molecule has 1 atom stereocenters. The van der Waals surface area contributed by atoms with Gasteiger partial charge in [-0.1, -0.05) is 30.3 Å². The molecule has 0 unspecified atom stereocenters. The molecule has 0 saturated heterocycles. The summed E-state index contributed by atoms with van der Waals surface area (Å²) in [5.74, 6) is -0.813. The first-order chi connectivity index (χ1) is 8.67.